The monoisotopic (exact) mass is 285 g/mol. The Morgan fingerprint density at radius 2 is 2.14 bits per heavy atom. The molecule has 21 heavy (non-hydrogen) atoms. The molecule has 0 fully saturated rings. The molecule has 0 saturated heterocycles. The van der Waals surface area contributed by atoms with Crippen molar-refractivity contribution in [2.45, 2.75) is 13.5 Å². The number of non-ortho nitro benzene ring substituents is 1. The van der Waals surface area contributed by atoms with Crippen molar-refractivity contribution in [1.29, 1.82) is 0 Å². The van der Waals surface area contributed by atoms with E-state index < -0.39 is 4.92 Å². The van der Waals surface area contributed by atoms with E-state index in [2.05, 4.69) is 20.4 Å². The standard InChI is InChI=1S/C13H11N5O3/c1-8-15-13(17-21-8)7-14-12-5-2-9-6-10(18(19)20)3-4-11(9)16-12/h2-6H,7H2,1H3,(H,14,16). The van der Waals surface area contributed by atoms with Crippen molar-refractivity contribution in [2.24, 2.45) is 0 Å². The highest BCUT2D eigenvalue weighted by Crippen LogP contribution is 2.21. The molecule has 3 aromatic rings. The first-order valence-electron chi connectivity index (χ1n) is 6.20. The maximum absolute atomic E-state index is 10.7. The molecule has 1 aromatic carbocycles. The highest BCUT2D eigenvalue weighted by molar-refractivity contribution is 5.82. The normalized spacial score (nSPS) is 10.7. The Kier molecular flexibility index (Phi) is 3.19. The fourth-order valence-electron chi connectivity index (χ4n) is 1.91. The predicted octanol–water partition coefficient (Wildman–Crippen LogP) is 2.45. The van der Waals surface area contributed by atoms with E-state index in [9.17, 15) is 10.1 Å². The summed E-state index contributed by atoms with van der Waals surface area (Å²) in [5, 5.41) is 18.3. The molecule has 106 valence electrons. The number of anilines is 1. The van der Waals surface area contributed by atoms with E-state index in [4.69, 9.17) is 4.52 Å². The zero-order chi connectivity index (χ0) is 14.8. The summed E-state index contributed by atoms with van der Waals surface area (Å²) < 4.78 is 4.87. The minimum Gasteiger partial charge on any atom is -0.363 e. The predicted molar refractivity (Wildman–Crippen MR) is 74.8 cm³/mol. The van der Waals surface area contributed by atoms with Gasteiger partial charge in [-0.25, -0.2) is 4.98 Å². The summed E-state index contributed by atoms with van der Waals surface area (Å²) in [7, 11) is 0. The molecular weight excluding hydrogens is 274 g/mol. The maximum atomic E-state index is 10.7. The third-order valence-corrected chi connectivity index (χ3v) is 2.88. The minimum atomic E-state index is -0.426. The molecule has 1 N–H and O–H groups in total. The van der Waals surface area contributed by atoms with Crippen LogP contribution in [0.1, 0.15) is 11.7 Å². The molecule has 2 aromatic heterocycles. The van der Waals surface area contributed by atoms with Crippen LogP contribution >= 0.6 is 0 Å². The van der Waals surface area contributed by atoms with Crippen molar-refractivity contribution in [2.75, 3.05) is 5.32 Å². The van der Waals surface area contributed by atoms with Crippen molar-refractivity contribution in [3.63, 3.8) is 0 Å². The van der Waals surface area contributed by atoms with Crippen LogP contribution in [0.2, 0.25) is 0 Å². The Bertz CT molecular complexity index is 814. The van der Waals surface area contributed by atoms with Crippen LogP contribution in [0.3, 0.4) is 0 Å². The highest BCUT2D eigenvalue weighted by atomic mass is 16.6. The second-order valence-corrected chi connectivity index (χ2v) is 4.41. The van der Waals surface area contributed by atoms with Crippen LogP contribution < -0.4 is 5.32 Å². The third kappa shape index (κ3) is 2.78. The van der Waals surface area contributed by atoms with Crippen LogP contribution in [0, 0.1) is 17.0 Å². The number of hydrogen-bond donors (Lipinski definition) is 1. The van der Waals surface area contributed by atoms with Crippen molar-refractivity contribution in [3.8, 4) is 0 Å². The number of hydrogen-bond acceptors (Lipinski definition) is 7. The van der Waals surface area contributed by atoms with Crippen LogP contribution in [-0.4, -0.2) is 20.0 Å². The third-order valence-electron chi connectivity index (χ3n) is 2.88. The fraction of sp³-hybridized carbons (Fsp3) is 0.154. The number of rotatable bonds is 4. The number of aryl methyl sites for hydroxylation is 1. The van der Waals surface area contributed by atoms with Gasteiger partial charge in [0.1, 0.15) is 5.82 Å². The van der Waals surface area contributed by atoms with Gasteiger partial charge in [0, 0.05) is 24.4 Å². The summed E-state index contributed by atoms with van der Waals surface area (Å²) in [6.45, 7) is 2.11. The Morgan fingerprint density at radius 1 is 1.29 bits per heavy atom. The molecule has 2 heterocycles. The highest BCUT2D eigenvalue weighted by Gasteiger charge is 2.07. The van der Waals surface area contributed by atoms with Gasteiger partial charge in [0.15, 0.2) is 5.82 Å². The van der Waals surface area contributed by atoms with Crippen molar-refractivity contribution in [3.05, 3.63) is 52.2 Å². The molecule has 8 heteroatoms. The second kappa shape index (κ2) is 5.16. The van der Waals surface area contributed by atoms with Gasteiger partial charge in [0.2, 0.25) is 5.89 Å². The number of nitro groups is 1. The molecule has 0 unspecified atom stereocenters. The first kappa shape index (κ1) is 13.0. The van der Waals surface area contributed by atoms with Gasteiger partial charge in [-0.05, 0) is 18.2 Å². The fourth-order valence-corrected chi connectivity index (χ4v) is 1.91. The molecule has 0 atom stereocenters. The molecule has 0 bridgehead atoms. The van der Waals surface area contributed by atoms with Crippen LogP contribution in [0.5, 0.6) is 0 Å². The van der Waals surface area contributed by atoms with Gasteiger partial charge < -0.3 is 9.84 Å². The van der Waals surface area contributed by atoms with E-state index in [1.54, 1.807) is 25.1 Å². The first-order valence-corrected chi connectivity index (χ1v) is 6.20. The zero-order valence-electron chi connectivity index (χ0n) is 11.1. The lowest BCUT2D eigenvalue weighted by Crippen LogP contribution is -2.03. The van der Waals surface area contributed by atoms with Crippen molar-refractivity contribution >= 4 is 22.4 Å². The summed E-state index contributed by atoms with van der Waals surface area (Å²) in [5.41, 5.74) is 0.724. The Hall–Kier alpha value is -3.03. The number of nitrogens with zero attached hydrogens (tertiary/aromatic N) is 4. The quantitative estimate of drug-likeness (QED) is 0.579. The average Bonchev–Trinajstić information content (AvgIpc) is 2.90. The van der Waals surface area contributed by atoms with E-state index in [0.29, 0.717) is 35.0 Å². The number of nitro benzene ring substituents is 1. The topological polar surface area (TPSA) is 107 Å². The first-order chi connectivity index (χ1) is 10.1. The minimum absolute atomic E-state index is 0.0484. The average molecular weight is 285 g/mol. The molecule has 0 radical (unpaired) electrons. The van der Waals surface area contributed by atoms with E-state index in [1.165, 1.54) is 12.1 Å². The van der Waals surface area contributed by atoms with E-state index in [1.807, 2.05) is 0 Å². The van der Waals surface area contributed by atoms with Crippen molar-refractivity contribution < 1.29 is 9.45 Å². The van der Waals surface area contributed by atoms with Gasteiger partial charge in [0.05, 0.1) is 17.0 Å². The molecule has 0 amide bonds. The largest absolute Gasteiger partial charge is 0.363 e. The molecule has 8 nitrogen and oxygen atoms in total. The summed E-state index contributed by atoms with van der Waals surface area (Å²) in [5.74, 6) is 1.68. The summed E-state index contributed by atoms with van der Waals surface area (Å²) in [4.78, 5) is 18.8. The molecule has 0 spiro atoms. The van der Waals surface area contributed by atoms with Gasteiger partial charge >= 0.3 is 0 Å². The SMILES string of the molecule is Cc1nc(CNc2ccc3cc([N+](=O)[O-])ccc3n2)no1. The van der Waals surface area contributed by atoms with Crippen LogP contribution in [0.15, 0.2) is 34.9 Å². The van der Waals surface area contributed by atoms with E-state index in [0.717, 1.165) is 0 Å². The Morgan fingerprint density at radius 3 is 2.86 bits per heavy atom. The second-order valence-electron chi connectivity index (χ2n) is 4.41. The van der Waals surface area contributed by atoms with Gasteiger partial charge in [-0.2, -0.15) is 4.98 Å². The maximum Gasteiger partial charge on any atom is 0.270 e. The van der Waals surface area contributed by atoms with Crippen LogP contribution in [0.25, 0.3) is 10.9 Å². The molecule has 0 aliphatic carbocycles. The van der Waals surface area contributed by atoms with Gasteiger partial charge in [-0.3, -0.25) is 10.1 Å². The molecular formula is C13H11N5O3. The smallest absolute Gasteiger partial charge is 0.270 e. The summed E-state index contributed by atoms with van der Waals surface area (Å²) in [6, 6.07) is 8.08. The molecule has 0 saturated carbocycles. The number of nitrogens with one attached hydrogen (secondary N) is 1. The number of pyridine rings is 1. The molecule has 3 rings (SSSR count). The lowest BCUT2D eigenvalue weighted by Gasteiger charge is -2.04. The van der Waals surface area contributed by atoms with E-state index >= 15 is 0 Å². The van der Waals surface area contributed by atoms with Gasteiger partial charge in [-0.1, -0.05) is 5.16 Å². The summed E-state index contributed by atoms with van der Waals surface area (Å²) >= 11 is 0. The Balaban J connectivity index is 1.80. The molecule has 0 aliphatic heterocycles. The van der Waals surface area contributed by atoms with Crippen LogP contribution in [0.4, 0.5) is 11.5 Å². The summed E-state index contributed by atoms with van der Waals surface area (Å²) in [6.07, 6.45) is 0. The van der Waals surface area contributed by atoms with E-state index in [-0.39, 0.29) is 5.69 Å². The zero-order valence-corrected chi connectivity index (χ0v) is 11.1. The number of benzene rings is 1. The number of aromatic nitrogens is 3. The van der Waals surface area contributed by atoms with Gasteiger partial charge in [-0.15, -0.1) is 0 Å². The molecule has 0 aliphatic rings. The number of fused-ring (bicyclic) bond motifs is 1. The lowest BCUT2D eigenvalue weighted by atomic mass is 10.2. The lowest BCUT2D eigenvalue weighted by molar-refractivity contribution is -0.384. The Labute approximate surface area is 119 Å². The van der Waals surface area contributed by atoms with Crippen LogP contribution in [-0.2, 0) is 6.54 Å². The van der Waals surface area contributed by atoms with Gasteiger partial charge in [0.25, 0.3) is 5.69 Å². The van der Waals surface area contributed by atoms with Crippen molar-refractivity contribution in [1.82, 2.24) is 15.1 Å².